The zero-order chi connectivity index (χ0) is 11.5. The zero-order valence-corrected chi connectivity index (χ0v) is 9.43. The average Bonchev–Trinajstić information content (AvgIpc) is 2.57. The number of ketones is 1. The summed E-state index contributed by atoms with van der Waals surface area (Å²) >= 11 is 0. The Labute approximate surface area is 93.9 Å². The van der Waals surface area contributed by atoms with E-state index in [4.69, 9.17) is 4.74 Å². The number of fused-ring (bicyclic) bond motifs is 1. The number of hydrogen-bond donors (Lipinski definition) is 0. The molecule has 4 heteroatoms. The van der Waals surface area contributed by atoms with Crippen LogP contribution in [0.4, 0.5) is 0 Å². The molecule has 1 heterocycles. The molecule has 0 aliphatic rings. The lowest BCUT2D eigenvalue weighted by Gasteiger charge is -2.01. The van der Waals surface area contributed by atoms with E-state index in [9.17, 15) is 4.79 Å². The first-order valence-corrected chi connectivity index (χ1v) is 5.13. The summed E-state index contributed by atoms with van der Waals surface area (Å²) in [4.78, 5) is 15.9. The van der Waals surface area contributed by atoms with Gasteiger partial charge < -0.3 is 9.30 Å². The van der Waals surface area contributed by atoms with Gasteiger partial charge >= 0.3 is 0 Å². The van der Waals surface area contributed by atoms with Crippen molar-refractivity contribution in [1.82, 2.24) is 9.55 Å². The lowest BCUT2D eigenvalue weighted by Crippen LogP contribution is -2.12. The highest BCUT2D eigenvalue weighted by Crippen LogP contribution is 2.14. The van der Waals surface area contributed by atoms with E-state index in [1.165, 1.54) is 7.11 Å². The summed E-state index contributed by atoms with van der Waals surface area (Å²) in [6.45, 7) is 0.142. The molecule has 1 aromatic carbocycles. The highest BCUT2D eigenvalue weighted by atomic mass is 16.5. The van der Waals surface area contributed by atoms with Crippen LogP contribution in [-0.2, 0) is 23.0 Å². The van der Waals surface area contributed by atoms with Crippen LogP contribution in [-0.4, -0.2) is 29.1 Å². The Morgan fingerprint density at radius 3 is 2.88 bits per heavy atom. The fourth-order valence-electron chi connectivity index (χ4n) is 1.74. The number of aryl methyl sites for hydroxylation is 1. The van der Waals surface area contributed by atoms with Gasteiger partial charge in [0.1, 0.15) is 12.4 Å². The molecular formula is C12H14N2O2. The largest absolute Gasteiger partial charge is 0.377 e. The molecule has 0 spiro atoms. The van der Waals surface area contributed by atoms with Gasteiger partial charge in [0.2, 0.25) is 0 Å². The number of para-hydroxylation sites is 2. The molecular weight excluding hydrogens is 204 g/mol. The van der Waals surface area contributed by atoms with E-state index in [-0.39, 0.29) is 12.4 Å². The number of benzene rings is 1. The number of nitrogens with zero attached hydrogens (tertiary/aromatic N) is 2. The standard InChI is InChI=1S/C12H14N2O2/c1-14-11-6-4-3-5-10(11)13-12(14)7-9(15)8-16-2/h3-6H,7-8H2,1-2H3. The van der Waals surface area contributed by atoms with Gasteiger partial charge in [0.05, 0.1) is 17.5 Å². The Balaban J connectivity index is 2.31. The van der Waals surface area contributed by atoms with Gasteiger partial charge in [-0.1, -0.05) is 12.1 Å². The van der Waals surface area contributed by atoms with Crippen molar-refractivity contribution in [2.75, 3.05) is 13.7 Å². The fourth-order valence-corrected chi connectivity index (χ4v) is 1.74. The molecule has 1 aromatic heterocycles. The average molecular weight is 218 g/mol. The van der Waals surface area contributed by atoms with Gasteiger partial charge in [-0.2, -0.15) is 0 Å². The monoisotopic (exact) mass is 218 g/mol. The molecule has 2 aromatic rings. The van der Waals surface area contributed by atoms with Crippen molar-refractivity contribution in [1.29, 1.82) is 0 Å². The number of imidazole rings is 1. The number of aromatic nitrogens is 2. The van der Waals surface area contributed by atoms with Crippen molar-refractivity contribution in [2.45, 2.75) is 6.42 Å². The summed E-state index contributed by atoms with van der Waals surface area (Å²) in [6, 6.07) is 7.84. The topological polar surface area (TPSA) is 44.1 Å². The van der Waals surface area contributed by atoms with Gasteiger partial charge in [0, 0.05) is 14.2 Å². The minimum atomic E-state index is 0.0425. The lowest BCUT2D eigenvalue weighted by molar-refractivity contribution is -0.122. The van der Waals surface area contributed by atoms with E-state index in [1.54, 1.807) is 0 Å². The summed E-state index contributed by atoms with van der Waals surface area (Å²) in [5.74, 6) is 0.823. The van der Waals surface area contributed by atoms with Gasteiger partial charge in [-0.25, -0.2) is 4.98 Å². The molecule has 4 nitrogen and oxygen atoms in total. The van der Waals surface area contributed by atoms with Gasteiger partial charge in [-0.05, 0) is 12.1 Å². The Morgan fingerprint density at radius 1 is 1.44 bits per heavy atom. The maximum atomic E-state index is 11.5. The second kappa shape index (κ2) is 4.45. The number of carbonyl (C=O) groups is 1. The Kier molecular flexibility index (Phi) is 3.01. The molecule has 0 saturated heterocycles. The Bertz CT molecular complexity index is 517. The van der Waals surface area contributed by atoms with Crippen LogP contribution < -0.4 is 0 Å². The molecule has 0 amide bonds. The van der Waals surface area contributed by atoms with Crippen LogP contribution in [0, 0.1) is 0 Å². The summed E-state index contributed by atoms with van der Waals surface area (Å²) in [5.41, 5.74) is 1.97. The van der Waals surface area contributed by atoms with Gasteiger partial charge in [-0.3, -0.25) is 4.79 Å². The highest BCUT2D eigenvalue weighted by molar-refractivity contribution is 5.83. The molecule has 0 aliphatic heterocycles. The van der Waals surface area contributed by atoms with Gasteiger partial charge in [0.15, 0.2) is 5.78 Å². The maximum Gasteiger partial charge on any atom is 0.165 e. The quantitative estimate of drug-likeness (QED) is 0.777. The van der Waals surface area contributed by atoms with Gasteiger partial charge in [-0.15, -0.1) is 0 Å². The number of methoxy groups -OCH3 is 1. The predicted molar refractivity (Wildman–Crippen MR) is 61.3 cm³/mol. The first-order valence-electron chi connectivity index (χ1n) is 5.13. The van der Waals surface area contributed by atoms with E-state index in [0.29, 0.717) is 6.42 Å². The maximum absolute atomic E-state index is 11.5. The van der Waals surface area contributed by atoms with Crippen molar-refractivity contribution in [3.63, 3.8) is 0 Å². The predicted octanol–water partition coefficient (Wildman–Crippen LogP) is 1.33. The molecule has 0 fully saturated rings. The van der Waals surface area contributed by atoms with Crippen LogP contribution in [0.15, 0.2) is 24.3 Å². The molecule has 0 atom stereocenters. The smallest absolute Gasteiger partial charge is 0.165 e. The van der Waals surface area contributed by atoms with Crippen LogP contribution in [0.1, 0.15) is 5.82 Å². The van der Waals surface area contributed by atoms with Gasteiger partial charge in [0.25, 0.3) is 0 Å². The molecule has 0 N–H and O–H groups in total. The number of ether oxygens (including phenoxy) is 1. The van der Waals surface area contributed by atoms with Crippen LogP contribution in [0.25, 0.3) is 11.0 Å². The SMILES string of the molecule is COCC(=O)Cc1nc2ccccc2n1C. The molecule has 0 saturated carbocycles. The van der Waals surface area contributed by atoms with Crippen LogP contribution in [0.3, 0.4) is 0 Å². The Morgan fingerprint density at radius 2 is 2.19 bits per heavy atom. The molecule has 0 bridgehead atoms. The van der Waals surface area contributed by atoms with E-state index in [2.05, 4.69) is 4.98 Å². The summed E-state index contributed by atoms with van der Waals surface area (Å²) in [7, 11) is 3.44. The number of rotatable bonds is 4. The van der Waals surface area contributed by atoms with Crippen LogP contribution in [0.5, 0.6) is 0 Å². The van der Waals surface area contributed by atoms with Crippen molar-refractivity contribution in [3.05, 3.63) is 30.1 Å². The first-order chi connectivity index (χ1) is 7.72. The lowest BCUT2D eigenvalue weighted by atomic mass is 10.3. The number of hydrogen-bond acceptors (Lipinski definition) is 3. The van der Waals surface area contributed by atoms with E-state index in [1.807, 2.05) is 35.9 Å². The van der Waals surface area contributed by atoms with Crippen molar-refractivity contribution in [3.8, 4) is 0 Å². The molecule has 84 valence electrons. The highest BCUT2D eigenvalue weighted by Gasteiger charge is 2.10. The second-order valence-electron chi connectivity index (χ2n) is 3.72. The molecule has 0 unspecified atom stereocenters. The summed E-state index contributed by atoms with van der Waals surface area (Å²) in [6.07, 6.45) is 0.318. The van der Waals surface area contributed by atoms with E-state index >= 15 is 0 Å². The third-order valence-electron chi connectivity index (χ3n) is 2.54. The molecule has 0 radical (unpaired) electrons. The van der Waals surface area contributed by atoms with E-state index in [0.717, 1.165) is 16.9 Å². The van der Waals surface area contributed by atoms with Crippen molar-refractivity contribution in [2.24, 2.45) is 7.05 Å². The molecule has 0 aliphatic carbocycles. The molecule has 2 rings (SSSR count). The zero-order valence-electron chi connectivity index (χ0n) is 9.43. The van der Waals surface area contributed by atoms with Crippen LogP contribution >= 0.6 is 0 Å². The first kappa shape index (κ1) is 10.8. The van der Waals surface area contributed by atoms with Crippen molar-refractivity contribution < 1.29 is 9.53 Å². The summed E-state index contributed by atoms with van der Waals surface area (Å²) < 4.78 is 6.75. The number of carbonyl (C=O) groups excluding carboxylic acids is 1. The van der Waals surface area contributed by atoms with Crippen LogP contribution in [0.2, 0.25) is 0 Å². The van der Waals surface area contributed by atoms with Crippen molar-refractivity contribution >= 4 is 16.8 Å². The van der Waals surface area contributed by atoms with E-state index < -0.39 is 0 Å². The second-order valence-corrected chi connectivity index (χ2v) is 3.72. The molecule has 16 heavy (non-hydrogen) atoms. The minimum absolute atomic E-state index is 0.0425. The minimum Gasteiger partial charge on any atom is -0.377 e. The third kappa shape index (κ3) is 1.97. The number of Topliss-reactive ketones (excluding diaryl/α,β-unsaturated/α-hetero) is 1. The fraction of sp³-hybridized carbons (Fsp3) is 0.333. The normalized spacial score (nSPS) is 10.9. The Hall–Kier alpha value is -1.68. The summed E-state index contributed by atoms with van der Waals surface area (Å²) in [5, 5.41) is 0. The third-order valence-corrected chi connectivity index (χ3v) is 2.54.